The fraction of sp³-hybridized carbons (Fsp3) is 0.625. The van der Waals surface area contributed by atoms with E-state index < -0.39 is 0 Å². The van der Waals surface area contributed by atoms with Crippen molar-refractivity contribution in [2.24, 2.45) is 5.92 Å². The highest BCUT2D eigenvalue weighted by molar-refractivity contribution is 8.02. The quantitative estimate of drug-likeness (QED) is 0.461. The number of hydrogen-bond acceptors (Lipinski definition) is 5. The highest BCUT2D eigenvalue weighted by Crippen LogP contribution is 2.36. The number of aromatic nitrogens is 2. The van der Waals surface area contributed by atoms with E-state index in [1.165, 1.54) is 16.9 Å². The smallest absolute Gasteiger partial charge is 0.263 e. The van der Waals surface area contributed by atoms with Gasteiger partial charge in [0.1, 0.15) is 4.83 Å². The van der Waals surface area contributed by atoms with E-state index in [1.54, 1.807) is 23.1 Å². The zero-order chi connectivity index (χ0) is 15.7. The summed E-state index contributed by atoms with van der Waals surface area (Å²) in [5.41, 5.74) is 1.46. The fourth-order valence-electron chi connectivity index (χ4n) is 3.01. The SMILES string of the molecule is CCn1c(SCCSC)nc2sc3c(c2c1=O)CC[C@H](C)C3. The Morgan fingerprint density at radius 2 is 2.23 bits per heavy atom. The molecule has 0 spiro atoms. The van der Waals surface area contributed by atoms with Gasteiger partial charge in [-0.3, -0.25) is 9.36 Å². The van der Waals surface area contributed by atoms with Crippen LogP contribution < -0.4 is 5.56 Å². The van der Waals surface area contributed by atoms with E-state index in [0.29, 0.717) is 6.54 Å². The maximum absolute atomic E-state index is 12.9. The summed E-state index contributed by atoms with van der Waals surface area (Å²) >= 11 is 5.29. The number of thiophene rings is 1. The van der Waals surface area contributed by atoms with Crippen molar-refractivity contribution in [3.05, 3.63) is 20.8 Å². The molecule has 0 aromatic carbocycles. The number of nitrogens with zero attached hydrogens (tertiary/aromatic N) is 2. The van der Waals surface area contributed by atoms with E-state index in [4.69, 9.17) is 4.98 Å². The lowest BCUT2D eigenvalue weighted by Gasteiger charge is -2.17. The summed E-state index contributed by atoms with van der Waals surface area (Å²) in [6.45, 7) is 5.04. The second-order valence-corrected chi connectivity index (χ2v) is 8.95. The highest BCUT2D eigenvalue weighted by atomic mass is 32.2. The first-order valence-corrected chi connectivity index (χ1v) is 11.0. The predicted octanol–water partition coefficient (Wildman–Crippen LogP) is 4.06. The van der Waals surface area contributed by atoms with Crippen molar-refractivity contribution in [3.8, 4) is 0 Å². The molecular weight excluding hydrogens is 332 g/mol. The predicted molar refractivity (Wildman–Crippen MR) is 99.8 cm³/mol. The molecule has 2 heterocycles. The molecule has 0 fully saturated rings. The summed E-state index contributed by atoms with van der Waals surface area (Å²) in [5.74, 6) is 2.81. The van der Waals surface area contributed by atoms with E-state index in [9.17, 15) is 4.79 Å². The summed E-state index contributed by atoms with van der Waals surface area (Å²) in [6.07, 6.45) is 5.44. The molecule has 0 unspecified atom stereocenters. The normalized spacial score (nSPS) is 17.9. The molecule has 6 heteroatoms. The molecule has 0 radical (unpaired) electrons. The van der Waals surface area contributed by atoms with E-state index in [0.717, 1.165) is 45.6 Å². The Kier molecular flexibility index (Phi) is 5.20. The Balaban J connectivity index is 2.10. The van der Waals surface area contributed by atoms with Crippen LogP contribution in [-0.4, -0.2) is 27.3 Å². The molecule has 0 N–H and O–H groups in total. The Morgan fingerprint density at radius 3 is 2.95 bits per heavy atom. The minimum atomic E-state index is 0.172. The van der Waals surface area contributed by atoms with Crippen LogP contribution in [0.25, 0.3) is 10.2 Å². The van der Waals surface area contributed by atoms with E-state index >= 15 is 0 Å². The number of aryl methyl sites for hydroxylation is 1. The average Bonchev–Trinajstić information content (AvgIpc) is 2.85. The molecule has 22 heavy (non-hydrogen) atoms. The minimum Gasteiger partial charge on any atom is -0.287 e. The zero-order valence-corrected chi connectivity index (χ0v) is 15.8. The number of fused-ring (bicyclic) bond motifs is 3. The Bertz CT molecular complexity index is 735. The third-order valence-electron chi connectivity index (χ3n) is 4.22. The standard InChI is InChI=1S/C16H22N2OS3/c1-4-18-15(19)13-11-6-5-10(2)9-12(11)22-14(13)17-16(18)21-8-7-20-3/h10H,4-9H2,1-3H3/t10-/m0/s1. The Morgan fingerprint density at radius 1 is 1.41 bits per heavy atom. The van der Waals surface area contributed by atoms with E-state index in [1.807, 2.05) is 23.3 Å². The summed E-state index contributed by atoms with van der Waals surface area (Å²) in [7, 11) is 0. The van der Waals surface area contributed by atoms with Gasteiger partial charge in [0.2, 0.25) is 0 Å². The van der Waals surface area contributed by atoms with Crippen LogP contribution in [-0.2, 0) is 19.4 Å². The number of rotatable bonds is 5. The molecule has 120 valence electrons. The molecule has 1 aliphatic rings. The third-order valence-corrected chi connectivity index (χ3v) is 7.21. The van der Waals surface area contributed by atoms with Gasteiger partial charge in [0.15, 0.2) is 5.16 Å². The van der Waals surface area contributed by atoms with Gasteiger partial charge in [-0.15, -0.1) is 11.3 Å². The second kappa shape index (κ2) is 6.97. The van der Waals surface area contributed by atoms with Crippen LogP contribution in [0.5, 0.6) is 0 Å². The van der Waals surface area contributed by atoms with Crippen LogP contribution >= 0.6 is 34.9 Å². The van der Waals surface area contributed by atoms with Gasteiger partial charge in [0.25, 0.3) is 5.56 Å². The van der Waals surface area contributed by atoms with Gasteiger partial charge in [-0.05, 0) is 43.9 Å². The van der Waals surface area contributed by atoms with Crippen molar-refractivity contribution in [1.29, 1.82) is 0 Å². The van der Waals surface area contributed by atoms with Crippen molar-refractivity contribution in [2.45, 2.75) is 44.8 Å². The number of hydrogen-bond donors (Lipinski definition) is 0. The molecule has 0 saturated heterocycles. The molecule has 0 bridgehead atoms. The second-order valence-electron chi connectivity index (χ2n) is 5.82. The summed E-state index contributed by atoms with van der Waals surface area (Å²) in [4.78, 5) is 20.1. The molecule has 0 amide bonds. The third kappa shape index (κ3) is 2.97. The van der Waals surface area contributed by atoms with E-state index in [2.05, 4.69) is 13.2 Å². The molecule has 1 atom stereocenters. The number of thioether (sulfide) groups is 2. The van der Waals surface area contributed by atoms with Gasteiger partial charge in [0, 0.05) is 22.9 Å². The van der Waals surface area contributed by atoms with Crippen molar-refractivity contribution >= 4 is 45.1 Å². The first-order valence-electron chi connectivity index (χ1n) is 7.82. The summed E-state index contributed by atoms with van der Waals surface area (Å²) in [5, 5.41) is 1.80. The minimum absolute atomic E-state index is 0.172. The molecular formula is C16H22N2OS3. The Labute approximate surface area is 143 Å². The molecule has 2 aromatic heterocycles. The van der Waals surface area contributed by atoms with Gasteiger partial charge in [-0.2, -0.15) is 11.8 Å². The van der Waals surface area contributed by atoms with Gasteiger partial charge >= 0.3 is 0 Å². The largest absolute Gasteiger partial charge is 0.287 e. The van der Waals surface area contributed by atoms with E-state index in [-0.39, 0.29) is 5.56 Å². The van der Waals surface area contributed by atoms with Gasteiger partial charge in [-0.25, -0.2) is 4.98 Å². The molecule has 3 nitrogen and oxygen atoms in total. The first kappa shape index (κ1) is 16.4. The van der Waals surface area contributed by atoms with Crippen LogP contribution in [0.1, 0.15) is 30.7 Å². The zero-order valence-electron chi connectivity index (χ0n) is 13.3. The topological polar surface area (TPSA) is 34.9 Å². The molecule has 1 aliphatic carbocycles. The first-order chi connectivity index (χ1) is 10.7. The van der Waals surface area contributed by atoms with Crippen LogP contribution in [0.2, 0.25) is 0 Å². The van der Waals surface area contributed by atoms with Crippen LogP contribution in [0, 0.1) is 5.92 Å². The van der Waals surface area contributed by atoms with Crippen LogP contribution in [0.3, 0.4) is 0 Å². The van der Waals surface area contributed by atoms with Crippen molar-refractivity contribution < 1.29 is 0 Å². The highest BCUT2D eigenvalue weighted by Gasteiger charge is 2.24. The van der Waals surface area contributed by atoms with Gasteiger partial charge < -0.3 is 0 Å². The van der Waals surface area contributed by atoms with Gasteiger partial charge in [0.05, 0.1) is 5.39 Å². The average molecular weight is 355 g/mol. The van der Waals surface area contributed by atoms with Crippen LogP contribution in [0.4, 0.5) is 0 Å². The van der Waals surface area contributed by atoms with Crippen molar-refractivity contribution in [3.63, 3.8) is 0 Å². The maximum atomic E-state index is 12.9. The Hall–Kier alpha value is -0.460. The summed E-state index contributed by atoms with van der Waals surface area (Å²) in [6, 6.07) is 0. The molecule has 0 saturated carbocycles. The lowest BCUT2D eigenvalue weighted by molar-refractivity contribution is 0.509. The summed E-state index contributed by atoms with van der Waals surface area (Å²) < 4.78 is 1.86. The molecule has 2 aromatic rings. The maximum Gasteiger partial charge on any atom is 0.263 e. The van der Waals surface area contributed by atoms with Gasteiger partial charge in [-0.1, -0.05) is 18.7 Å². The fourth-order valence-corrected chi connectivity index (χ4v) is 6.15. The monoisotopic (exact) mass is 354 g/mol. The van der Waals surface area contributed by atoms with Crippen LogP contribution in [0.15, 0.2) is 9.95 Å². The lowest BCUT2D eigenvalue weighted by atomic mass is 9.89. The molecule has 3 rings (SSSR count). The van der Waals surface area contributed by atoms with Crippen molar-refractivity contribution in [1.82, 2.24) is 9.55 Å². The van der Waals surface area contributed by atoms with Crippen molar-refractivity contribution in [2.75, 3.05) is 17.8 Å². The molecule has 0 aliphatic heterocycles. The lowest BCUT2D eigenvalue weighted by Crippen LogP contribution is -2.23.